The Morgan fingerprint density at radius 1 is 1.30 bits per heavy atom. The van der Waals surface area contributed by atoms with E-state index in [9.17, 15) is 8.42 Å². The molecule has 1 aromatic carbocycles. The molecule has 0 spiro atoms. The van der Waals surface area contributed by atoms with Crippen LogP contribution in [-0.2, 0) is 10.0 Å². The Hall–Kier alpha value is -1.47. The summed E-state index contributed by atoms with van der Waals surface area (Å²) in [6.45, 7) is 5.10. The molecule has 6 nitrogen and oxygen atoms in total. The van der Waals surface area contributed by atoms with Gasteiger partial charge < -0.3 is 15.8 Å². The van der Waals surface area contributed by atoms with Crippen molar-refractivity contribution in [3.05, 3.63) is 18.2 Å². The molecule has 0 aliphatic carbocycles. The lowest BCUT2D eigenvalue weighted by atomic mass is 10.2. The SMILES string of the molecule is CCCOc1cc(NCCS(=O)(=O)NCC)ccc1N. The number of sulfonamides is 1. The van der Waals surface area contributed by atoms with Gasteiger partial charge in [-0.3, -0.25) is 0 Å². The van der Waals surface area contributed by atoms with Crippen molar-refractivity contribution in [2.45, 2.75) is 20.3 Å². The largest absolute Gasteiger partial charge is 0.491 e. The summed E-state index contributed by atoms with van der Waals surface area (Å²) in [6.07, 6.45) is 0.901. The number of benzene rings is 1. The number of nitrogens with two attached hydrogens (primary N) is 1. The van der Waals surface area contributed by atoms with Crippen molar-refractivity contribution in [3.8, 4) is 5.75 Å². The summed E-state index contributed by atoms with van der Waals surface area (Å²) < 4.78 is 30.9. The van der Waals surface area contributed by atoms with E-state index in [4.69, 9.17) is 10.5 Å². The Balaban J connectivity index is 2.56. The number of ether oxygens (including phenoxy) is 1. The highest BCUT2D eigenvalue weighted by molar-refractivity contribution is 7.89. The molecular weight excluding hydrogens is 278 g/mol. The highest BCUT2D eigenvalue weighted by Crippen LogP contribution is 2.25. The third-order valence-corrected chi connectivity index (χ3v) is 4.01. The van der Waals surface area contributed by atoms with E-state index in [1.807, 2.05) is 6.92 Å². The lowest BCUT2D eigenvalue weighted by molar-refractivity contribution is 0.319. The second-order valence-electron chi connectivity index (χ2n) is 4.34. The minimum Gasteiger partial charge on any atom is -0.491 e. The number of nitrogens with one attached hydrogen (secondary N) is 2. The highest BCUT2D eigenvalue weighted by Gasteiger charge is 2.08. The van der Waals surface area contributed by atoms with Crippen LogP contribution in [0.15, 0.2) is 18.2 Å². The second-order valence-corrected chi connectivity index (χ2v) is 6.27. The summed E-state index contributed by atoms with van der Waals surface area (Å²) in [6, 6.07) is 5.32. The fraction of sp³-hybridized carbons (Fsp3) is 0.538. The molecule has 7 heteroatoms. The monoisotopic (exact) mass is 301 g/mol. The molecule has 0 bridgehead atoms. The van der Waals surface area contributed by atoms with Gasteiger partial charge in [-0.15, -0.1) is 0 Å². The van der Waals surface area contributed by atoms with Crippen LogP contribution in [-0.4, -0.2) is 33.9 Å². The molecule has 0 radical (unpaired) electrons. The van der Waals surface area contributed by atoms with Gasteiger partial charge in [0.2, 0.25) is 10.0 Å². The smallest absolute Gasteiger partial charge is 0.213 e. The van der Waals surface area contributed by atoms with E-state index in [2.05, 4.69) is 10.0 Å². The fourth-order valence-electron chi connectivity index (χ4n) is 1.60. The van der Waals surface area contributed by atoms with Gasteiger partial charge in [0.25, 0.3) is 0 Å². The van der Waals surface area contributed by atoms with E-state index in [1.165, 1.54) is 0 Å². The first kappa shape index (κ1) is 16.6. The molecule has 0 amide bonds. The van der Waals surface area contributed by atoms with Gasteiger partial charge in [-0.1, -0.05) is 13.8 Å². The molecule has 0 saturated carbocycles. The lowest BCUT2D eigenvalue weighted by Crippen LogP contribution is -2.29. The van der Waals surface area contributed by atoms with Crippen molar-refractivity contribution in [2.24, 2.45) is 0 Å². The maximum absolute atomic E-state index is 11.5. The molecular formula is C13H23N3O3S. The maximum Gasteiger partial charge on any atom is 0.213 e. The summed E-state index contributed by atoms with van der Waals surface area (Å²) >= 11 is 0. The van der Waals surface area contributed by atoms with E-state index in [1.54, 1.807) is 25.1 Å². The molecule has 0 fully saturated rings. The van der Waals surface area contributed by atoms with Crippen LogP contribution in [0.1, 0.15) is 20.3 Å². The first-order valence-corrected chi connectivity index (χ1v) is 8.37. The molecule has 0 saturated heterocycles. The maximum atomic E-state index is 11.5. The van der Waals surface area contributed by atoms with E-state index in [-0.39, 0.29) is 5.75 Å². The standard InChI is InChI=1S/C13H23N3O3S/c1-3-8-19-13-10-11(5-6-12(13)14)15-7-9-20(17,18)16-4-2/h5-6,10,15-16H,3-4,7-9,14H2,1-2H3. The number of nitrogen functional groups attached to an aromatic ring is 1. The van der Waals surface area contributed by atoms with Crippen LogP contribution in [0.4, 0.5) is 11.4 Å². The lowest BCUT2D eigenvalue weighted by Gasteiger charge is -2.12. The fourth-order valence-corrected chi connectivity index (χ4v) is 2.56. The number of hydrogen-bond donors (Lipinski definition) is 3. The summed E-state index contributed by atoms with van der Waals surface area (Å²) in [7, 11) is -3.20. The summed E-state index contributed by atoms with van der Waals surface area (Å²) in [5.41, 5.74) is 7.17. The van der Waals surface area contributed by atoms with Crippen LogP contribution in [0.3, 0.4) is 0 Å². The number of anilines is 2. The van der Waals surface area contributed by atoms with Gasteiger partial charge in [-0.25, -0.2) is 13.1 Å². The Bertz CT molecular complexity index is 518. The van der Waals surface area contributed by atoms with Crippen molar-refractivity contribution in [1.29, 1.82) is 0 Å². The van der Waals surface area contributed by atoms with E-state index in [0.717, 1.165) is 12.1 Å². The minimum atomic E-state index is -3.20. The first-order chi connectivity index (χ1) is 9.48. The van der Waals surface area contributed by atoms with Gasteiger partial charge in [0.1, 0.15) is 5.75 Å². The molecule has 0 heterocycles. The molecule has 114 valence electrons. The van der Waals surface area contributed by atoms with Gasteiger partial charge in [0.15, 0.2) is 0 Å². The molecule has 0 aliphatic rings. The number of rotatable bonds is 9. The molecule has 0 atom stereocenters. The topological polar surface area (TPSA) is 93.4 Å². The molecule has 4 N–H and O–H groups in total. The predicted octanol–water partition coefficient (Wildman–Crippen LogP) is 1.41. The normalized spacial score (nSPS) is 11.3. The van der Waals surface area contributed by atoms with Crippen molar-refractivity contribution in [2.75, 3.05) is 36.5 Å². The second kappa shape index (κ2) is 7.96. The quantitative estimate of drug-likeness (QED) is 0.600. The number of hydrogen-bond acceptors (Lipinski definition) is 5. The average molecular weight is 301 g/mol. The Kier molecular flexibility index (Phi) is 6.60. The van der Waals surface area contributed by atoms with Crippen LogP contribution in [0.2, 0.25) is 0 Å². The third kappa shape index (κ3) is 5.66. The Morgan fingerprint density at radius 2 is 2.05 bits per heavy atom. The molecule has 1 aromatic rings. The Labute approximate surface area is 120 Å². The zero-order valence-electron chi connectivity index (χ0n) is 12.0. The van der Waals surface area contributed by atoms with E-state index in [0.29, 0.717) is 31.1 Å². The van der Waals surface area contributed by atoms with Crippen LogP contribution in [0.5, 0.6) is 5.75 Å². The first-order valence-electron chi connectivity index (χ1n) is 6.72. The van der Waals surface area contributed by atoms with Gasteiger partial charge in [-0.2, -0.15) is 0 Å². The van der Waals surface area contributed by atoms with Gasteiger partial charge >= 0.3 is 0 Å². The highest BCUT2D eigenvalue weighted by atomic mass is 32.2. The predicted molar refractivity (Wildman–Crippen MR) is 82.6 cm³/mol. The van der Waals surface area contributed by atoms with Crippen LogP contribution >= 0.6 is 0 Å². The molecule has 1 rings (SSSR count). The van der Waals surface area contributed by atoms with Crippen molar-refractivity contribution < 1.29 is 13.2 Å². The van der Waals surface area contributed by atoms with Crippen LogP contribution < -0.4 is 20.5 Å². The van der Waals surface area contributed by atoms with Crippen molar-refractivity contribution in [3.63, 3.8) is 0 Å². The zero-order valence-corrected chi connectivity index (χ0v) is 12.8. The van der Waals surface area contributed by atoms with E-state index < -0.39 is 10.0 Å². The molecule has 20 heavy (non-hydrogen) atoms. The molecule has 0 aromatic heterocycles. The zero-order chi connectivity index (χ0) is 15.0. The van der Waals surface area contributed by atoms with E-state index >= 15 is 0 Å². The van der Waals surface area contributed by atoms with Crippen molar-refractivity contribution >= 4 is 21.4 Å². The average Bonchev–Trinajstić information content (AvgIpc) is 2.39. The van der Waals surface area contributed by atoms with Crippen LogP contribution in [0.25, 0.3) is 0 Å². The summed E-state index contributed by atoms with van der Waals surface area (Å²) in [5.74, 6) is 0.641. The molecule has 0 unspecified atom stereocenters. The van der Waals surface area contributed by atoms with Crippen LogP contribution in [0, 0.1) is 0 Å². The summed E-state index contributed by atoms with van der Waals surface area (Å²) in [4.78, 5) is 0. The van der Waals surface area contributed by atoms with Gasteiger partial charge in [0.05, 0.1) is 18.0 Å². The third-order valence-electron chi connectivity index (χ3n) is 2.54. The van der Waals surface area contributed by atoms with Gasteiger partial charge in [-0.05, 0) is 18.6 Å². The summed E-state index contributed by atoms with van der Waals surface area (Å²) in [5, 5.41) is 3.05. The minimum absolute atomic E-state index is 0.0242. The Morgan fingerprint density at radius 3 is 2.70 bits per heavy atom. The van der Waals surface area contributed by atoms with Crippen molar-refractivity contribution in [1.82, 2.24) is 4.72 Å². The molecule has 0 aliphatic heterocycles. The van der Waals surface area contributed by atoms with Gasteiger partial charge in [0, 0.05) is 24.8 Å².